The van der Waals surface area contributed by atoms with E-state index < -0.39 is 10.0 Å². The van der Waals surface area contributed by atoms with Gasteiger partial charge in [0, 0.05) is 25.7 Å². The number of ether oxygens (including phenoxy) is 2. The van der Waals surface area contributed by atoms with Crippen LogP contribution >= 0.6 is 0 Å². The second-order valence-electron chi connectivity index (χ2n) is 6.39. The van der Waals surface area contributed by atoms with Gasteiger partial charge in [0.15, 0.2) is 11.5 Å². The highest BCUT2D eigenvalue weighted by atomic mass is 32.2. The molecule has 2 heterocycles. The van der Waals surface area contributed by atoms with Crippen LogP contribution in [0.3, 0.4) is 0 Å². The molecule has 1 N–H and O–H groups in total. The van der Waals surface area contributed by atoms with Gasteiger partial charge in [0.1, 0.15) is 0 Å². The summed E-state index contributed by atoms with van der Waals surface area (Å²) in [7, 11) is -0.461. The average Bonchev–Trinajstić information content (AvgIpc) is 2.99. The van der Waals surface area contributed by atoms with Crippen molar-refractivity contribution < 1.29 is 17.9 Å². The third-order valence-electron chi connectivity index (χ3n) is 4.96. The van der Waals surface area contributed by atoms with E-state index >= 15 is 0 Å². The Morgan fingerprint density at radius 2 is 1.96 bits per heavy atom. The normalized spacial score (nSPS) is 25.7. The molecule has 6 nitrogen and oxygen atoms in total. The van der Waals surface area contributed by atoms with Crippen molar-refractivity contribution in [3.8, 4) is 11.5 Å². The zero-order chi connectivity index (χ0) is 16.5. The number of sulfonamides is 1. The Morgan fingerprint density at radius 1 is 1.17 bits per heavy atom. The molecule has 1 spiro atoms. The van der Waals surface area contributed by atoms with Crippen molar-refractivity contribution in [1.29, 1.82) is 0 Å². The van der Waals surface area contributed by atoms with Crippen molar-refractivity contribution in [2.75, 3.05) is 40.4 Å². The molecule has 0 amide bonds. The van der Waals surface area contributed by atoms with E-state index in [0.717, 1.165) is 32.4 Å². The van der Waals surface area contributed by atoms with E-state index in [1.54, 1.807) is 16.4 Å². The molecule has 2 fully saturated rings. The van der Waals surface area contributed by atoms with Crippen LogP contribution in [-0.4, -0.2) is 53.1 Å². The standard InChI is InChI=1S/C16H24N2O4S/c1-21-14-5-4-13(10-15(14)22-2)23(19,20)18-9-7-16(12-18)6-3-8-17-11-16/h4-5,10,17H,3,6-9,11-12H2,1-2H3/t16-/m1/s1. The van der Waals surface area contributed by atoms with E-state index in [2.05, 4.69) is 5.32 Å². The molecule has 1 atom stereocenters. The van der Waals surface area contributed by atoms with E-state index in [9.17, 15) is 8.42 Å². The number of piperidine rings is 1. The van der Waals surface area contributed by atoms with Gasteiger partial charge >= 0.3 is 0 Å². The van der Waals surface area contributed by atoms with Gasteiger partial charge in [-0.25, -0.2) is 8.42 Å². The predicted molar refractivity (Wildman–Crippen MR) is 87.5 cm³/mol. The van der Waals surface area contributed by atoms with Crippen molar-refractivity contribution in [3.05, 3.63) is 18.2 Å². The molecule has 2 saturated heterocycles. The molecule has 0 bridgehead atoms. The Hall–Kier alpha value is -1.31. The summed E-state index contributed by atoms with van der Waals surface area (Å²) in [5, 5.41) is 3.40. The quantitative estimate of drug-likeness (QED) is 0.899. The van der Waals surface area contributed by atoms with Crippen LogP contribution in [0.4, 0.5) is 0 Å². The maximum Gasteiger partial charge on any atom is 0.243 e. The minimum atomic E-state index is -3.50. The Labute approximate surface area is 137 Å². The number of hydrogen-bond donors (Lipinski definition) is 1. The van der Waals surface area contributed by atoms with Crippen LogP contribution in [0.25, 0.3) is 0 Å². The summed E-state index contributed by atoms with van der Waals surface area (Å²) in [6.45, 7) is 3.12. The molecule has 0 aliphatic carbocycles. The lowest BCUT2D eigenvalue weighted by atomic mass is 9.80. The highest BCUT2D eigenvalue weighted by molar-refractivity contribution is 7.89. The molecule has 23 heavy (non-hydrogen) atoms. The lowest BCUT2D eigenvalue weighted by molar-refractivity contribution is 0.224. The second-order valence-corrected chi connectivity index (χ2v) is 8.32. The van der Waals surface area contributed by atoms with Crippen molar-refractivity contribution in [2.45, 2.75) is 24.2 Å². The first-order valence-corrected chi connectivity index (χ1v) is 9.38. The first-order chi connectivity index (χ1) is 11.0. The van der Waals surface area contributed by atoms with Crippen LogP contribution in [0.5, 0.6) is 11.5 Å². The van der Waals surface area contributed by atoms with Crippen molar-refractivity contribution in [2.24, 2.45) is 5.41 Å². The van der Waals surface area contributed by atoms with E-state index in [4.69, 9.17) is 9.47 Å². The fraction of sp³-hybridized carbons (Fsp3) is 0.625. The van der Waals surface area contributed by atoms with E-state index in [1.165, 1.54) is 20.3 Å². The largest absolute Gasteiger partial charge is 0.493 e. The maximum atomic E-state index is 12.9. The molecule has 1 aromatic rings. The smallest absolute Gasteiger partial charge is 0.243 e. The monoisotopic (exact) mass is 340 g/mol. The zero-order valence-corrected chi connectivity index (χ0v) is 14.5. The van der Waals surface area contributed by atoms with Crippen LogP contribution in [0, 0.1) is 5.41 Å². The zero-order valence-electron chi connectivity index (χ0n) is 13.7. The van der Waals surface area contributed by atoms with Gasteiger partial charge in [-0.3, -0.25) is 0 Å². The number of methoxy groups -OCH3 is 2. The van der Waals surface area contributed by atoms with E-state index in [-0.39, 0.29) is 10.3 Å². The van der Waals surface area contributed by atoms with Crippen molar-refractivity contribution in [3.63, 3.8) is 0 Å². The number of rotatable bonds is 4. The van der Waals surface area contributed by atoms with Gasteiger partial charge in [0.2, 0.25) is 10.0 Å². The minimum absolute atomic E-state index is 0.0991. The molecular formula is C16H24N2O4S. The molecule has 0 radical (unpaired) electrons. The van der Waals surface area contributed by atoms with Crippen molar-refractivity contribution in [1.82, 2.24) is 9.62 Å². The third kappa shape index (κ3) is 3.05. The Bertz CT molecular complexity index is 669. The molecule has 2 aliphatic heterocycles. The first kappa shape index (κ1) is 16.5. The minimum Gasteiger partial charge on any atom is -0.493 e. The van der Waals surface area contributed by atoms with E-state index in [0.29, 0.717) is 24.6 Å². The lowest BCUT2D eigenvalue weighted by Crippen LogP contribution is -2.42. The van der Waals surface area contributed by atoms with Gasteiger partial charge < -0.3 is 14.8 Å². The van der Waals surface area contributed by atoms with Gasteiger partial charge in [-0.1, -0.05) is 0 Å². The van der Waals surface area contributed by atoms with Gasteiger partial charge in [0.25, 0.3) is 0 Å². The van der Waals surface area contributed by atoms with Gasteiger partial charge in [-0.05, 0) is 43.4 Å². The van der Waals surface area contributed by atoms with Crippen LogP contribution in [0.2, 0.25) is 0 Å². The Balaban J connectivity index is 1.84. The predicted octanol–water partition coefficient (Wildman–Crippen LogP) is 1.47. The molecular weight excluding hydrogens is 316 g/mol. The summed E-state index contributed by atoms with van der Waals surface area (Å²) < 4.78 is 37.9. The molecule has 128 valence electrons. The first-order valence-electron chi connectivity index (χ1n) is 7.94. The molecule has 3 rings (SSSR count). The van der Waals surface area contributed by atoms with E-state index in [1.807, 2.05) is 0 Å². The summed E-state index contributed by atoms with van der Waals surface area (Å²) in [4.78, 5) is 0.260. The summed E-state index contributed by atoms with van der Waals surface area (Å²) in [6.07, 6.45) is 3.13. The third-order valence-corrected chi connectivity index (χ3v) is 6.80. The maximum absolute atomic E-state index is 12.9. The summed E-state index contributed by atoms with van der Waals surface area (Å²) in [5.74, 6) is 0.961. The van der Waals surface area contributed by atoms with Crippen LogP contribution < -0.4 is 14.8 Å². The fourth-order valence-electron chi connectivity index (χ4n) is 3.60. The second kappa shape index (κ2) is 6.30. The topological polar surface area (TPSA) is 67.9 Å². The molecule has 0 unspecified atom stereocenters. The fourth-order valence-corrected chi connectivity index (χ4v) is 5.17. The summed E-state index contributed by atoms with van der Waals surface area (Å²) in [6, 6.07) is 4.76. The van der Waals surface area contributed by atoms with Crippen LogP contribution in [-0.2, 0) is 10.0 Å². The summed E-state index contributed by atoms with van der Waals surface area (Å²) in [5.41, 5.74) is 0.0991. The SMILES string of the molecule is COc1ccc(S(=O)(=O)N2CC[C@@]3(CCCNC3)C2)cc1OC. The summed E-state index contributed by atoms with van der Waals surface area (Å²) >= 11 is 0. The number of nitrogens with zero attached hydrogens (tertiary/aromatic N) is 1. The lowest BCUT2D eigenvalue weighted by Gasteiger charge is -2.33. The van der Waals surface area contributed by atoms with Gasteiger partial charge in [-0.15, -0.1) is 0 Å². The molecule has 7 heteroatoms. The number of hydrogen-bond acceptors (Lipinski definition) is 5. The molecule has 1 aromatic carbocycles. The highest BCUT2D eigenvalue weighted by Gasteiger charge is 2.43. The van der Waals surface area contributed by atoms with Gasteiger partial charge in [-0.2, -0.15) is 4.31 Å². The van der Waals surface area contributed by atoms with Crippen LogP contribution in [0.1, 0.15) is 19.3 Å². The number of benzene rings is 1. The number of nitrogens with one attached hydrogen (secondary N) is 1. The molecule has 0 aromatic heterocycles. The average molecular weight is 340 g/mol. The Morgan fingerprint density at radius 3 is 2.61 bits per heavy atom. The molecule has 0 saturated carbocycles. The van der Waals surface area contributed by atoms with Crippen molar-refractivity contribution >= 4 is 10.0 Å². The highest BCUT2D eigenvalue weighted by Crippen LogP contribution is 2.39. The Kier molecular flexibility index (Phi) is 4.53. The van der Waals surface area contributed by atoms with Crippen LogP contribution in [0.15, 0.2) is 23.1 Å². The molecule has 2 aliphatic rings. The van der Waals surface area contributed by atoms with Gasteiger partial charge in [0.05, 0.1) is 19.1 Å².